The third-order valence-electron chi connectivity index (χ3n) is 6.57. The lowest BCUT2D eigenvalue weighted by Crippen LogP contribution is -2.55. The van der Waals surface area contributed by atoms with Gasteiger partial charge in [-0.25, -0.2) is 0 Å². The summed E-state index contributed by atoms with van der Waals surface area (Å²) in [5.74, 6) is -1.78. The number of amides is 2. The van der Waals surface area contributed by atoms with E-state index < -0.39 is 42.1 Å². The molecule has 0 unspecified atom stereocenters. The fourth-order valence-corrected chi connectivity index (χ4v) is 4.34. The van der Waals surface area contributed by atoms with Gasteiger partial charge in [-0.05, 0) is 51.1 Å². The van der Waals surface area contributed by atoms with Crippen molar-refractivity contribution in [2.24, 2.45) is 5.92 Å². The molecule has 0 fully saturated rings. The van der Waals surface area contributed by atoms with Gasteiger partial charge < -0.3 is 25.0 Å². The average molecular weight is 574 g/mol. The summed E-state index contributed by atoms with van der Waals surface area (Å²) in [7, 11) is 3.28. The van der Waals surface area contributed by atoms with E-state index in [1.54, 1.807) is 46.0 Å². The topological polar surface area (TPSA) is 164 Å². The van der Waals surface area contributed by atoms with Gasteiger partial charge in [0.2, 0.25) is 11.8 Å². The number of aryl methyl sites for hydroxylation is 1. The molecule has 1 aromatic carbocycles. The Kier molecular flexibility index (Phi) is 13.4. The second kappa shape index (κ2) is 16.5. The molecule has 0 bridgehead atoms. The molecule has 12 heteroatoms. The average Bonchev–Trinajstić information content (AvgIpc) is 3.35. The third kappa shape index (κ3) is 10.9. The molecule has 0 aliphatic heterocycles. The maximum Gasteiger partial charge on any atom is 0.305 e. The standard InChI is InChI=1S/C29H43N5O7/c1-7-8-9-10-13-34(5)17-23(35)22(16-26(37)38)31-28(39)27(18(2)3)32-25(36)15-21-14-20(11-12-24(21)40-6)29-30-19(4)33-41-29/h11-12,14,18,22,27H,7-10,13,15-17H2,1-6H3,(H,31,39)(H,32,36)(H,37,38)/t22-,27-/m0/s1. The van der Waals surface area contributed by atoms with Gasteiger partial charge in [-0.1, -0.05) is 45.2 Å². The first-order valence-corrected chi connectivity index (χ1v) is 14.0. The molecule has 2 aromatic rings. The van der Waals surface area contributed by atoms with Crippen LogP contribution in [0.5, 0.6) is 5.75 Å². The van der Waals surface area contributed by atoms with Gasteiger partial charge in [-0.2, -0.15) is 4.98 Å². The molecule has 2 amide bonds. The first kappa shape index (κ1) is 33.4. The summed E-state index contributed by atoms with van der Waals surface area (Å²) in [4.78, 5) is 56.8. The SMILES string of the molecule is CCCCCCN(C)CC(=O)[C@H](CC(=O)O)NC(=O)[C@@H](NC(=O)Cc1cc(-c2nc(C)no2)ccc1OC)C(C)C. The van der Waals surface area contributed by atoms with E-state index in [0.29, 0.717) is 35.1 Å². The number of carbonyl (C=O) groups is 4. The first-order chi connectivity index (χ1) is 19.4. The number of ether oxygens (including phenoxy) is 1. The Morgan fingerprint density at radius 2 is 1.85 bits per heavy atom. The number of aliphatic carboxylic acids is 1. The lowest BCUT2D eigenvalue weighted by molar-refractivity contribution is -0.141. The van der Waals surface area contributed by atoms with E-state index in [2.05, 4.69) is 27.7 Å². The summed E-state index contributed by atoms with van der Waals surface area (Å²) in [5.41, 5.74) is 1.15. The van der Waals surface area contributed by atoms with E-state index in [4.69, 9.17) is 9.26 Å². The van der Waals surface area contributed by atoms with Crippen LogP contribution in [0.1, 0.15) is 64.3 Å². The minimum Gasteiger partial charge on any atom is -0.496 e. The Balaban J connectivity index is 2.10. The number of likely N-dealkylation sites (N-methyl/N-ethyl adjacent to an activating group) is 1. The van der Waals surface area contributed by atoms with Crippen LogP contribution in [0.15, 0.2) is 22.7 Å². The molecule has 226 valence electrons. The summed E-state index contributed by atoms with van der Waals surface area (Å²) in [6, 6.07) is 2.92. The highest BCUT2D eigenvalue weighted by atomic mass is 16.5. The highest BCUT2D eigenvalue weighted by molar-refractivity contribution is 5.95. The van der Waals surface area contributed by atoms with E-state index >= 15 is 0 Å². The molecule has 0 saturated carbocycles. The Hall–Kier alpha value is -3.80. The van der Waals surface area contributed by atoms with Crippen LogP contribution in [0.2, 0.25) is 0 Å². The quantitative estimate of drug-likeness (QED) is 0.226. The zero-order chi connectivity index (χ0) is 30.5. The molecule has 3 N–H and O–H groups in total. The van der Waals surface area contributed by atoms with Crippen molar-refractivity contribution in [1.82, 2.24) is 25.7 Å². The number of rotatable bonds is 18. The van der Waals surface area contributed by atoms with Gasteiger partial charge >= 0.3 is 5.97 Å². The van der Waals surface area contributed by atoms with Crippen LogP contribution in [0, 0.1) is 12.8 Å². The highest BCUT2D eigenvalue weighted by Gasteiger charge is 2.30. The van der Waals surface area contributed by atoms with Gasteiger partial charge in [0.1, 0.15) is 11.8 Å². The van der Waals surface area contributed by atoms with E-state index in [9.17, 15) is 24.3 Å². The van der Waals surface area contributed by atoms with Crippen molar-refractivity contribution >= 4 is 23.6 Å². The second-order valence-corrected chi connectivity index (χ2v) is 10.6. The number of unbranched alkanes of at least 4 members (excludes halogenated alkanes) is 3. The molecule has 2 rings (SSSR count). The largest absolute Gasteiger partial charge is 0.496 e. The predicted octanol–water partition coefficient (Wildman–Crippen LogP) is 2.78. The van der Waals surface area contributed by atoms with E-state index in [1.165, 1.54) is 7.11 Å². The number of nitrogens with zero attached hydrogens (tertiary/aromatic N) is 3. The van der Waals surface area contributed by atoms with Gasteiger partial charge in [-0.3, -0.25) is 24.1 Å². The van der Waals surface area contributed by atoms with Crippen molar-refractivity contribution in [3.63, 3.8) is 0 Å². The normalized spacial score (nSPS) is 12.7. The number of hydrogen-bond donors (Lipinski definition) is 3. The Morgan fingerprint density at radius 1 is 1.12 bits per heavy atom. The molecule has 1 aromatic heterocycles. The number of carbonyl (C=O) groups excluding carboxylic acids is 3. The van der Waals surface area contributed by atoms with Gasteiger partial charge in [0.15, 0.2) is 11.6 Å². The van der Waals surface area contributed by atoms with Crippen LogP contribution in [-0.4, -0.2) is 83.0 Å². The number of carboxylic acid groups (broad SMARTS) is 1. The Bertz CT molecular complexity index is 1180. The van der Waals surface area contributed by atoms with Crippen molar-refractivity contribution in [2.45, 2.75) is 78.3 Å². The molecule has 2 atom stereocenters. The van der Waals surface area contributed by atoms with Crippen molar-refractivity contribution in [2.75, 3.05) is 27.2 Å². The molecule has 0 aliphatic carbocycles. The summed E-state index contributed by atoms with van der Waals surface area (Å²) in [5, 5.41) is 18.5. The zero-order valence-corrected chi connectivity index (χ0v) is 24.9. The molecule has 12 nitrogen and oxygen atoms in total. The van der Waals surface area contributed by atoms with Crippen LogP contribution in [-0.2, 0) is 25.6 Å². The number of carboxylic acids is 1. The Morgan fingerprint density at radius 3 is 2.44 bits per heavy atom. The summed E-state index contributed by atoms with van der Waals surface area (Å²) < 4.78 is 10.6. The third-order valence-corrected chi connectivity index (χ3v) is 6.57. The van der Waals surface area contributed by atoms with E-state index in [0.717, 1.165) is 25.7 Å². The van der Waals surface area contributed by atoms with Gasteiger partial charge in [0.25, 0.3) is 5.89 Å². The summed E-state index contributed by atoms with van der Waals surface area (Å²) in [6.07, 6.45) is 3.53. The fourth-order valence-electron chi connectivity index (χ4n) is 4.34. The summed E-state index contributed by atoms with van der Waals surface area (Å²) in [6.45, 7) is 8.03. The van der Waals surface area contributed by atoms with Crippen molar-refractivity contribution in [1.29, 1.82) is 0 Å². The van der Waals surface area contributed by atoms with Crippen LogP contribution >= 0.6 is 0 Å². The van der Waals surface area contributed by atoms with Gasteiger partial charge in [0.05, 0.1) is 32.5 Å². The van der Waals surface area contributed by atoms with E-state index in [-0.39, 0.29) is 18.9 Å². The number of methoxy groups -OCH3 is 1. The number of Topliss-reactive ketones (excluding diaryl/α,β-unsaturated/α-hetero) is 1. The number of ketones is 1. The number of hydrogen-bond acceptors (Lipinski definition) is 9. The van der Waals surface area contributed by atoms with Gasteiger partial charge in [0, 0.05) is 11.1 Å². The van der Waals surface area contributed by atoms with Crippen molar-refractivity contribution < 1.29 is 33.5 Å². The lowest BCUT2D eigenvalue weighted by Gasteiger charge is -2.26. The fraction of sp³-hybridized carbons (Fsp3) is 0.586. The Labute approximate surface area is 241 Å². The minimum atomic E-state index is -1.22. The molecule has 0 spiro atoms. The monoisotopic (exact) mass is 573 g/mol. The van der Waals surface area contributed by atoms with Crippen molar-refractivity contribution in [3.05, 3.63) is 29.6 Å². The van der Waals surface area contributed by atoms with Crippen molar-refractivity contribution in [3.8, 4) is 17.2 Å². The van der Waals surface area contributed by atoms with E-state index in [1.807, 2.05) is 4.90 Å². The highest BCUT2D eigenvalue weighted by Crippen LogP contribution is 2.26. The molecule has 0 saturated heterocycles. The second-order valence-electron chi connectivity index (χ2n) is 10.6. The minimum absolute atomic E-state index is 0.0127. The number of benzene rings is 1. The summed E-state index contributed by atoms with van der Waals surface area (Å²) >= 11 is 0. The zero-order valence-electron chi connectivity index (χ0n) is 24.9. The molecule has 0 radical (unpaired) electrons. The lowest BCUT2D eigenvalue weighted by atomic mass is 10.0. The maximum atomic E-state index is 13.2. The van der Waals surface area contributed by atoms with Crippen LogP contribution in [0.3, 0.4) is 0 Å². The predicted molar refractivity (Wildman–Crippen MR) is 152 cm³/mol. The molecule has 1 heterocycles. The molecule has 0 aliphatic rings. The smallest absolute Gasteiger partial charge is 0.305 e. The number of aromatic nitrogens is 2. The maximum absolute atomic E-state index is 13.2. The van der Waals surface area contributed by atoms with Crippen LogP contribution in [0.25, 0.3) is 11.5 Å². The molecule has 41 heavy (non-hydrogen) atoms. The molecular formula is C29H43N5O7. The van der Waals surface area contributed by atoms with Crippen LogP contribution < -0.4 is 15.4 Å². The van der Waals surface area contributed by atoms with Crippen LogP contribution in [0.4, 0.5) is 0 Å². The van der Waals surface area contributed by atoms with Gasteiger partial charge in [-0.15, -0.1) is 0 Å². The molecular weight excluding hydrogens is 530 g/mol. The number of nitrogens with one attached hydrogen (secondary N) is 2. The first-order valence-electron chi connectivity index (χ1n) is 14.0.